The van der Waals surface area contributed by atoms with Gasteiger partial charge in [-0.25, -0.2) is 4.98 Å². The first-order valence-electron chi connectivity index (χ1n) is 9.33. The maximum atomic E-state index is 13.4. The molecule has 3 rings (SSSR count). The Morgan fingerprint density at radius 3 is 2.76 bits per heavy atom. The summed E-state index contributed by atoms with van der Waals surface area (Å²) < 4.78 is 12.2. The quantitative estimate of drug-likeness (QED) is 0.574. The Morgan fingerprint density at radius 1 is 1.28 bits per heavy atom. The highest BCUT2D eigenvalue weighted by Gasteiger charge is 2.19. The summed E-state index contributed by atoms with van der Waals surface area (Å²) in [6.07, 6.45) is 0.835. The molecule has 0 atom stereocenters. The summed E-state index contributed by atoms with van der Waals surface area (Å²) in [5.74, 6) is 0.418. The van der Waals surface area contributed by atoms with Crippen molar-refractivity contribution in [1.82, 2.24) is 9.55 Å². The number of nitrogens with zero attached hydrogens (tertiary/aromatic N) is 2. The van der Waals surface area contributed by atoms with E-state index in [0.717, 1.165) is 16.7 Å². The first kappa shape index (κ1) is 21.0. The number of aliphatic carboxylic acids is 1. The fraction of sp³-hybridized carbons (Fsp3) is 0.381. The monoisotopic (exact) mass is 416 g/mol. The minimum Gasteiger partial charge on any atom is -0.496 e. The van der Waals surface area contributed by atoms with E-state index in [2.05, 4.69) is 0 Å². The van der Waals surface area contributed by atoms with Crippen LogP contribution in [0.1, 0.15) is 24.2 Å². The van der Waals surface area contributed by atoms with Gasteiger partial charge < -0.3 is 14.6 Å². The zero-order valence-corrected chi connectivity index (χ0v) is 17.5. The second kappa shape index (κ2) is 9.19. The Kier molecular flexibility index (Phi) is 6.66. The summed E-state index contributed by atoms with van der Waals surface area (Å²) in [6, 6.07) is 5.84. The second-order valence-electron chi connectivity index (χ2n) is 6.76. The zero-order valence-electron chi connectivity index (χ0n) is 16.7. The molecule has 0 spiro atoms. The lowest BCUT2D eigenvalue weighted by Crippen LogP contribution is -2.26. The van der Waals surface area contributed by atoms with Crippen LogP contribution < -0.4 is 10.3 Å². The van der Waals surface area contributed by atoms with Gasteiger partial charge in [-0.1, -0.05) is 11.6 Å². The third kappa shape index (κ3) is 4.49. The van der Waals surface area contributed by atoms with Crippen molar-refractivity contribution in [3.05, 3.63) is 45.3 Å². The van der Waals surface area contributed by atoms with Gasteiger partial charge in [0.1, 0.15) is 16.4 Å². The second-order valence-corrected chi connectivity index (χ2v) is 7.62. The van der Waals surface area contributed by atoms with E-state index in [-0.39, 0.29) is 12.0 Å². The number of carboxylic acid groups (broad SMARTS) is 1. The van der Waals surface area contributed by atoms with Gasteiger partial charge in [-0.15, -0.1) is 11.3 Å². The smallest absolute Gasteiger partial charge is 0.303 e. The van der Waals surface area contributed by atoms with Gasteiger partial charge in [0.25, 0.3) is 5.56 Å². The number of carboxylic acids is 1. The van der Waals surface area contributed by atoms with E-state index >= 15 is 0 Å². The molecule has 0 amide bonds. The van der Waals surface area contributed by atoms with Crippen molar-refractivity contribution in [3.8, 4) is 16.9 Å². The third-order valence-corrected chi connectivity index (χ3v) is 5.59. The van der Waals surface area contributed by atoms with E-state index in [4.69, 9.17) is 19.6 Å². The Morgan fingerprint density at radius 2 is 2.07 bits per heavy atom. The molecular weight excluding hydrogens is 392 g/mol. The molecule has 8 heteroatoms. The molecule has 0 bridgehead atoms. The normalized spacial score (nSPS) is 11.1. The van der Waals surface area contributed by atoms with Crippen molar-refractivity contribution in [1.29, 1.82) is 0 Å². The number of carbonyl (C=O) groups is 1. The average Bonchev–Trinajstić information content (AvgIpc) is 3.12. The van der Waals surface area contributed by atoms with Crippen LogP contribution in [0.25, 0.3) is 21.3 Å². The molecule has 0 saturated heterocycles. The van der Waals surface area contributed by atoms with Crippen molar-refractivity contribution < 1.29 is 19.4 Å². The van der Waals surface area contributed by atoms with E-state index in [9.17, 15) is 9.59 Å². The van der Waals surface area contributed by atoms with Gasteiger partial charge in [0.05, 0.1) is 19.1 Å². The van der Waals surface area contributed by atoms with Crippen LogP contribution in [0.3, 0.4) is 0 Å². The van der Waals surface area contributed by atoms with Crippen LogP contribution in [0, 0.1) is 6.92 Å². The average molecular weight is 416 g/mol. The van der Waals surface area contributed by atoms with Crippen LogP contribution >= 0.6 is 11.3 Å². The number of hydrogen-bond acceptors (Lipinski definition) is 6. The van der Waals surface area contributed by atoms with Crippen molar-refractivity contribution in [2.45, 2.75) is 32.7 Å². The predicted molar refractivity (Wildman–Crippen MR) is 113 cm³/mol. The lowest BCUT2D eigenvalue weighted by atomic mass is 10.0. The van der Waals surface area contributed by atoms with Gasteiger partial charge in [0, 0.05) is 43.0 Å². The molecule has 0 aliphatic heterocycles. The van der Waals surface area contributed by atoms with Gasteiger partial charge in [0.15, 0.2) is 0 Å². The molecule has 3 aromatic rings. The van der Waals surface area contributed by atoms with E-state index < -0.39 is 5.97 Å². The molecule has 0 radical (unpaired) electrons. The molecule has 2 aromatic heterocycles. The van der Waals surface area contributed by atoms with Crippen molar-refractivity contribution in [2.24, 2.45) is 0 Å². The topological polar surface area (TPSA) is 90.7 Å². The summed E-state index contributed by atoms with van der Waals surface area (Å²) >= 11 is 1.42. The number of aryl methyl sites for hydroxylation is 1. The van der Waals surface area contributed by atoms with Crippen LogP contribution in [0.5, 0.6) is 5.75 Å². The molecular formula is C21H24N2O5S. The number of fused-ring (bicyclic) bond motifs is 1. The minimum atomic E-state index is -0.883. The van der Waals surface area contributed by atoms with Crippen LogP contribution in [0.15, 0.2) is 28.4 Å². The summed E-state index contributed by atoms with van der Waals surface area (Å²) in [6.45, 7) is 2.72. The number of aromatic nitrogens is 2. The molecule has 29 heavy (non-hydrogen) atoms. The predicted octanol–water partition coefficient (Wildman–Crippen LogP) is 3.50. The van der Waals surface area contributed by atoms with Crippen LogP contribution in [-0.2, 0) is 22.5 Å². The summed E-state index contributed by atoms with van der Waals surface area (Å²) in [5, 5.41) is 11.4. The fourth-order valence-electron chi connectivity index (χ4n) is 3.30. The number of hydrogen-bond donors (Lipinski definition) is 1. The molecule has 0 aliphatic rings. The summed E-state index contributed by atoms with van der Waals surface area (Å²) in [4.78, 5) is 29.7. The molecule has 154 valence electrons. The number of ether oxygens (including phenoxy) is 2. The fourth-order valence-corrected chi connectivity index (χ4v) is 4.25. The van der Waals surface area contributed by atoms with Gasteiger partial charge >= 0.3 is 5.97 Å². The zero-order chi connectivity index (χ0) is 21.0. The van der Waals surface area contributed by atoms with Gasteiger partial charge in [-0.2, -0.15) is 0 Å². The maximum absolute atomic E-state index is 13.4. The lowest BCUT2D eigenvalue weighted by Gasteiger charge is -2.13. The first-order chi connectivity index (χ1) is 14.0. The maximum Gasteiger partial charge on any atom is 0.303 e. The van der Waals surface area contributed by atoms with Crippen molar-refractivity contribution in [2.75, 3.05) is 20.8 Å². The van der Waals surface area contributed by atoms with Crippen LogP contribution in [0.2, 0.25) is 0 Å². The minimum absolute atomic E-state index is 0.00358. The van der Waals surface area contributed by atoms with E-state index in [1.807, 2.05) is 30.5 Å². The van der Waals surface area contributed by atoms with E-state index in [0.29, 0.717) is 47.8 Å². The summed E-state index contributed by atoms with van der Waals surface area (Å²) in [5.41, 5.74) is 2.53. The van der Waals surface area contributed by atoms with E-state index in [1.165, 1.54) is 11.3 Å². The van der Waals surface area contributed by atoms with Gasteiger partial charge in [0.2, 0.25) is 0 Å². The molecule has 0 unspecified atom stereocenters. The third-order valence-electron chi connectivity index (χ3n) is 4.72. The Labute approximate surface area is 172 Å². The number of benzene rings is 1. The molecule has 0 saturated carbocycles. The number of rotatable bonds is 9. The highest BCUT2D eigenvalue weighted by molar-refractivity contribution is 7.17. The number of thiophene rings is 1. The van der Waals surface area contributed by atoms with Gasteiger partial charge in [-0.05, 0) is 25.5 Å². The highest BCUT2D eigenvalue weighted by Crippen LogP contribution is 2.37. The molecule has 2 heterocycles. The van der Waals surface area contributed by atoms with Gasteiger partial charge in [-0.3, -0.25) is 14.2 Å². The summed E-state index contributed by atoms with van der Waals surface area (Å²) in [7, 11) is 3.20. The van der Waals surface area contributed by atoms with E-state index in [1.54, 1.807) is 18.8 Å². The van der Waals surface area contributed by atoms with Crippen molar-refractivity contribution >= 4 is 27.5 Å². The SMILES string of the molecule is COCCc1nc2scc(-c3cc(C)ccc3OC)c2c(=O)n1CCCC(=O)O. The van der Waals surface area contributed by atoms with Crippen LogP contribution in [-0.4, -0.2) is 41.5 Å². The standard InChI is InChI=1S/C21H24N2O5S/c1-13-6-7-16(28-3)14(11-13)15-12-29-20-19(15)21(26)23(9-4-5-18(24)25)17(22-20)8-10-27-2/h6-7,11-12H,4-5,8-10H2,1-3H3,(H,24,25). The molecule has 0 fully saturated rings. The lowest BCUT2D eigenvalue weighted by molar-refractivity contribution is -0.137. The Bertz CT molecular complexity index is 1090. The Balaban J connectivity index is 2.17. The largest absolute Gasteiger partial charge is 0.496 e. The highest BCUT2D eigenvalue weighted by atomic mass is 32.1. The molecule has 0 aliphatic carbocycles. The van der Waals surface area contributed by atoms with Crippen LogP contribution in [0.4, 0.5) is 0 Å². The first-order valence-corrected chi connectivity index (χ1v) is 10.2. The van der Waals surface area contributed by atoms with Crippen molar-refractivity contribution in [3.63, 3.8) is 0 Å². The number of methoxy groups -OCH3 is 2. The molecule has 7 nitrogen and oxygen atoms in total. The molecule has 1 N–H and O–H groups in total. The molecule has 1 aromatic carbocycles. The Hall–Kier alpha value is -2.71.